The van der Waals surface area contributed by atoms with Crippen molar-refractivity contribution in [2.24, 2.45) is 38.4 Å². The van der Waals surface area contributed by atoms with Crippen LogP contribution in [0.5, 0.6) is 0 Å². The molecule has 2 heterocycles. The van der Waals surface area contributed by atoms with Gasteiger partial charge in [-0.3, -0.25) is 4.90 Å². The number of likely N-dealkylation sites (tertiary alicyclic amines) is 1. The average molecular weight is 377 g/mol. The second-order valence-corrected chi connectivity index (χ2v) is 12.5. The van der Waals surface area contributed by atoms with Crippen LogP contribution in [0.15, 0.2) is 0 Å². The molecule has 0 radical (unpaired) electrons. The van der Waals surface area contributed by atoms with Crippen molar-refractivity contribution in [1.29, 1.82) is 0 Å². The molecule has 2 saturated heterocycles. The molecular formula is C25H48N2. The van der Waals surface area contributed by atoms with Crippen molar-refractivity contribution < 1.29 is 0 Å². The first-order chi connectivity index (χ1) is 11.9. The molecule has 0 amide bonds. The zero-order valence-corrected chi connectivity index (χ0v) is 20.8. The summed E-state index contributed by atoms with van der Waals surface area (Å²) in [6.45, 7) is 31.5. The number of nitrogens with one attached hydrogen (secondary N) is 1. The van der Waals surface area contributed by atoms with E-state index >= 15 is 0 Å². The number of hydrogen-bond acceptors (Lipinski definition) is 2. The average Bonchev–Trinajstić information content (AvgIpc) is 3.11. The molecule has 158 valence electrons. The first-order valence-electron chi connectivity index (χ1n) is 11.4. The van der Waals surface area contributed by atoms with Gasteiger partial charge in [-0.15, -0.1) is 0 Å². The molecule has 9 atom stereocenters. The van der Waals surface area contributed by atoms with Crippen LogP contribution in [0.2, 0.25) is 0 Å². The summed E-state index contributed by atoms with van der Waals surface area (Å²) < 4.78 is 0. The third kappa shape index (κ3) is 1.83. The highest BCUT2D eigenvalue weighted by molar-refractivity contribution is 5.34. The van der Waals surface area contributed by atoms with Crippen LogP contribution in [0.25, 0.3) is 0 Å². The minimum atomic E-state index is 0.478. The van der Waals surface area contributed by atoms with E-state index in [1.54, 1.807) is 0 Å². The summed E-state index contributed by atoms with van der Waals surface area (Å²) in [7, 11) is 2.27. The Kier molecular flexibility index (Phi) is 4.27. The normalized spacial score (nSPS) is 60.0. The van der Waals surface area contributed by atoms with E-state index in [-0.39, 0.29) is 0 Å². The second kappa shape index (κ2) is 5.34. The molecule has 4 rings (SSSR count). The van der Waals surface area contributed by atoms with Crippen molar-refractivity contribution in [3.05, 3.63) is 0 Å². The van der Waals surface area contributed by atoms with Crippen molar-refractivity contribution in [2.75, 3.05) is 7.05 Å². The summed E-state index contributed by atoms with van der Waals surface area (Å²) in [5, 5.41) is 3.74. The molecule has 9 unspecified atom stereocenters. The van der Waals surface area contributed by atoms with Gasteiger partial charge in [0.1, 0.15) is 0 Å². The maximum absolute atomic E-state index is 3.74. The predicted octanol–water partition coefficient (Wildman–Crippen LogP) is 5.82. The van der Waals surface area contributed by atoms with Gasteiger partial charge in [-0.2, -0.15) is 0 Å². The quantitative estimate of drug-likeness (QED) is 0.573. The Balaban J connectivity index is 0.000000156. The van der Waals surface area contributed by atoms with Gasteiger partial charge >= 0.3 is 0 Å². The highest BCUT2D eigenvalue weighted by atomic mass is 15.3. The van der Waals surface area contributed by atoms with Crippen molar-refractivity contribution in [2.45, 2.75) is 114 Å². The van der Waals surface area contributed by atoms with Gasteiger partial charge in [-0.1, -0.05) is 62.3 Å². The van der Waals surface area contributed by atoms with Gasteiger partial charge in [0.15, 0.2) is 0 Å². The molecule has 27 heavy (non-hydrogen) atoms. The fourth-order valence-electron chi connectivity index (χ4n) is 9.14. The predicted molar refractivity (Wildman–Crippen MR) is 118 cm³/mol. The topological polar surface area (TPSA) is 15.3 Å². The second-order valence-electron chi connectivity index (χ2n) is 12.5. The maximum Gasteiger partial charge on any atom is 0.0132 e. The molecule has 2 aliphatic carbocycles. The van der Waals surface area contributed by atoms with Crippen LogP contribution in [0, 0.1) is 38.4 Å². The molecule has 2 aliphatic heterocycles. The number of fused-ring (bicyclic) bond motifs is 2. The smallest absolute Gasteiger partial charge is 0.0132 e. The minimum Gasteiger partial charge on any atom is -0.311 e. The maximum atomic E-state index is 3.74. The zero-order valence-electron chi connectivity index (χ0n) is 20.8. The Morgan fingerprint density at radius 1 is 0.593 bits per heavy atom. The van der Waals surface area contributed by atoms with Gasteiger partial charge in [-0.25, -0.2) is 0 Å². The van der Waals surface area contributed by atoms with Crippen LogP contribution in [-0.2, 0) is 0 Å². The lowest BCUT2D eigenvalue weighted by Gasteiger charge is -2.41. The first-order valence-corrected chi connectivity index (χ1v) is 11.4. The van der Waals surface area contributed by atoms with Crippen LogP contribution in [0.1, 0.15) is 90.0 Å². The van der Waals surface area contributed by atoms with E-state index in [9.17, 15) is 0 Å². The van der Waals surface area contributed by atoms with E-state index < -0.39 is 0 Å². The molecule has 0 aromatic rings. The van der Waals surface area contributed by atoms with E-state index in [0.717, 1.165) is 18.0 Å². The fraction of sp³-hybridized carbons (Fsp3) is 1.00. The Hall–Kier alpha value is -0.0800. The van der Waals surface area contributed by atoms with Gasteiger partial charge in [0, 0.05) is 24.2 Å². The molecule has 2 nitrogen and oxygen atoms in total. The molecule has 2 saturated carbocycles. The molecule has 4 fully saturated rings. The van der Waals surface area contributed by atoms with E-state index in [0.29, 0.717) is 44.6 Å². The molecule has 0 aromatic carbocycles. The molecule has 1 N–H and O–H groups in total. The van der Waals surface area contributed by atoms with Crippen LogP contribution in [-0.4, -0.2) is 36.1 Å². The summed E-state index contributed by atoms with van der Waals surface area (Å²) in [6, 6.07) is 2.75. The highest BCUT2D eigenvalue weighted by Crippen LogP contribution is 2.85. The third-order valence-electron chi connectivity index (χ3n) is 13.2. The lowest BCUT2D eigenvalue weighted by molar-refractivity contribution is 0.126. The number of nitrogens with zero attached hydrogens (tertiary/aromatic N) is 1. The van der Waals surface area contributed by atoms with E-state index in [4.69, 9.17) is 0 Å². The third-order valence-corrected chi connectivity index (χ3v) is 13.2. The summed E-state index contributed by atoms with van der Waals surface area (Å²) in [5.41, 5.74) is 3.04. The first kappa shape index (κ1) is 21.6. The van der Waals surface area contributed by atoms with Gasteiger partial charge in [0.2, 0.25) is 0 Å². The fourth-order valence-corrected chi connectivity index (χ4v) is 9.14. The monoisotopic (exact) mass is 376 g/mol. The Morgan fingerprint density at radius 2 is 0.963 bits per heavy atom. The van der Waals surface area contributed by atoms with Crippen LogP contribution in [0.4, 0.5) is 0 Å². The van der Waals surface area contributed by atoms with Crippen molar-refractivity contribution in [1.82, 2.24) is 10.2 Å². The van der Waals surface area contributed by atoms with Gasteiger partial charge in [0.25, 0.3) is 0 Å². The summed E-state index contributed by atoms with van der Waals surface area (Å²) in [5.74, 6) is 0.777. The van der Waals surface area contributed by atoms with E-state index in [1.165, 1.54) is 0 Å². The lowest BCUT2D eigenvalue weighted by atomic mass is 9.74. The van der Waals surface area contributed by atoms with E-state index in [2.05, 4.69) is 107 Å². The highest BCUT2D eigenvalue weighted by Gasteiger charge is 2.84. The molecule has 0 spiro atoms. The summed E-state index contributed by atoms with van der Waals surface area (Å²) in [4.78, 5) is 2.55. The Labute approximate surface area is 170 Å². The SMILES string of the molecule is CC1N(C)C(C)C2(C)C(C)(C)C12C.CC1NC(C)C2(C)C(C)(C)C2(C)C1C. The molecule has 0 aromatic heterocycles. The van der Waals surface area contributed by atoms with E-state index in [1.807, 2.05) is 0 Å². The Morgan fingerprint density at radius 3 is 1.33 bits per heavy atom. The zero-order chi connectivity index (χ0) is 21.2. The molecule has 4 aliphatic rings. The summed E-state index contributed by atoms with van der Waals surface area (Å²) >= 11 is 0. The standard InChI is InChI=1S/C13H25N.C12H23N/c1-8-9(2)14-10(3)13(7)11(4,5)12(8,13)6;1-8-11(5)10(3,4)12(11,6)9(2)13(8)7/h8-10,14H,1-7H3;8-9H,1-7H3. The number of rotatable bonds is 0. The van der Waals surface area contributed by atoms with Crippen molar-refractivity contribution in [3.63, 3.8) is 0 Å². The minimum absolute atomic E-state index is 0.478. The lowest BCUT2D eigenvalue weighted by Crippen LogP contribution is -2.52. The van der Waals surface area contributed by atoms with Crippen molar-refractivity contribution >= 4 is 0 Å². The van der Waals surface area contributed by atoms with Crippen LogP contribution >= 0.6 is 0 Å². The van der Waals surface area contributed by atoms with Gasteiger partial charge < -0.3 is 5.32 Å². The van der Waals surface area contributed by atoms with Crippen molar-refractivity contribution in [3.8, 4) is 0 Å². The molecular weight excluding hydrogens is 328 g/mol. The number of piperidine rings is 2. The largest absolute Gasteiger partial charge is 0.311 e. The van der Waals surface area contributed by atoms with Gasteiger partial charge in [-0.05, 0) is 73.2 Å². The molecule has 0 bridgehead atoms. The van der Waals surface area contributed by atoms with Crippen LogP contribution in [0.3, 0.4) is 0 Å². The number of hydrogen-bond donors (Lipinski definition) is 1. The van der Waals surface area contributed by atoms with Crippen LogP contribution < -0.4 is 5.32 Å². The van der Waals surface area contributed by atoms with Gasteiger partial charge in [0.05, 0.1) is 0 Å². The Bertz CT molecular complexity index is 614. The molecule has 2 heteroatoms. The summed E-state index contributed by atoms with van der Waals surface area (Å²) in [6.07, 6.45) is 0.